The van der Waals surface area contributed by atoms with Crippen molar-refractivity contribution in [1.29, 1.82) is 5.26 Å². The third kappa shape index (κ3) is 3.76. The number of nitrogens with zero attached hydrogens (tertiary/aromatic N) is 1. The van der Waals surface area contributed by atoms with Gasteiger partial charge < -0.3 is 5.32 Å². The largest absolute Gasteiger partial charge is 0.324 e. The van der Waals surface area contributed by atoms with Crippen LogP contribution in [0.25, 0.3) is 0 Å². The van der Waals surface area contributed by atoms with E-state index in [0.29, 0.717) is 17.1 Å². The van der Waals surface area contributed by atoms with Gasteiger partial charge >= 0.3 is 0 Å². The van der Waals surface area contributed by atoms with Crippen LogP contribution in [0.2, 0.25) is 5.02 Å². The first kappa shape index (κ1) is 13.5. The molecule has 1 amide bonds. The summed E-state index contributed by atoms with van der Waals surface area (Å²) in [7, 11) is 0. The van der Waals surface area contributed by atoms with E-state index < -0.39 is 5.92 Å². The van der Waals surface area contributed by atoms with E-state index in [9.17, 15) is 4.79 Å². The second-order valence-electron chi connectivity index (χ2n) is 3.94. The number of carbonyl (C=O) groups excluding carboxylic acids is 1. The molecule has 17 heavy (non-hydrogen) atoms. The number of hydrogen-bond donors (Lipinski definition) is 1. The molecule has 4 heteroatoms. The summed E-state index contributed by atoms with van der Waals surface area (Å²) in [6, 6.07) is 7.38. The lowest BCUT2D eigenvalue weighted by Gasteiger charge is -2.10. The number of benzene rings is 1. The fourth-order valence-electron chi connectivity index (χ4n) is 1.48. The molecule has 0 fully saturated rings. The number of halogens is 1. The number of anilines is 1. The highest BCUT2D eigenvalue weighted by molar-refractivity contribution is 6.33. The summed E-state index contributed by atoms with van der Waals surface area (Å²) in [5.41, 5.74) is 1.58. The predicted octanol–water partition coefficient (Wildman–Crippen LogP) is 3.53. The molecule has 0 aromatic heterocycles. The monoisotopic (exact) mass is 250 g/mol. The van der Waals surface area contributed by atoms with Crippen molar-refractivity contribution in [3.8, 4) is 6.07 Å². The van der Waals surface area contributed by atoms with Gasteiger partial charge in [-0.15, -0.1) is 0 Å². The summed E-state index contributed by atoms with van der Waals surface area (Å²) < 4.78 is 0. The molecule has 90 valence electrons. The maximum atomic E-state index is 11.8. The average molecular weight is 251 g/mol. The van der Waals surface area contributed by atoms with Gasteiger partial charge in [-0.05, 0) is 31.0 Å². The molecule has 1 aromatic rings. The lowest BCUT2D eigenvalue weighted by molar-refractivity contribution is -0.118. The minimum atomic E-state index is -0.614. The highest BCUT2D eigenvalue weighted by Crippen LogP contribution is 2.23. The van der Waals surface area contributed by atoms with Gasteiger partial charge in [0.15, 0.2) is 0 Å². The van der Waals surface area contributed by atoms with Crippen molar-refractivity contribution in [2.45, 2.75) is 26.7 Å². The van der Waals surface area contributed by atoms with Crippen LogP contribution in [0.5, 0.6) is 0 Å². The first-order chi connectivity index (χ1) is 8.08. The van der Waals surface area contributed by atoms with Gasteiger partial charge in [0.2, 0.25) is 5.91 Å². The van der Waals surface area contributed by atoms with Gasteiger partial charge in [-0.3, -0.25) is 4.79 Å². The molecule has 0 saturated heterocycles. The second kappa shape index (κ2) is 6.27. The smallest absolute Gasteiger partial charge is 0.241 e. The average Bonchev–Trinajstić information content (AvgIpc) is 2.29. The molecule has 0 radical (unpaired) electrons. The molecular weight excluding hydrogens is 236 g/mol. The number of aryl methyl sites for hydroxylation is 1. The minimum Gasteiger partial charge on any atom is -0.324 e. The van der Waals surface area contributed by atoms with Crippen molar-refractivity contribution in [1.82, 2.24) is 0 Å². The lowest BCUT2D eigenvalue weighted by Crippen LogP contribution is -2.21. The summed E-state index contributed by atoms with van der Waals surface area (Å²) in [6.45, 7) is 3.86. The molecule has 0 bridgehead atoms. The Morgan fingerprint density at radius 1 is 1.59 bits per heavy atom. The first-order valence-corrected chi connectivity index (χ1v) is 5.93. The normalized spacial score (nSPS) is 11.6. The zero-order chi connectivity index (χ0) is 12.8. The minimum absolute atomic E-state index is 0.292. The number of carbonyl (C=O) groups is 1. The third-order valence-electron chi connectivity index (χ3n) is 2.43. The topological polar surface area (TPSA) is 52.9 Å². The van der Waals surface area contributed by atoms with E-state index in [1.165, 1.54) is 0 Å². The molecular formula is C13H15ClN2O. The Kier molecular flexibility index (Phi) is 4.99. The highest BCUT2D eigenvalue weighted by atomic mass is 35.5. The van der Waals surface area contributed by atoms with Crippen LogP contribution in [-0.4, -0.2) is 5.91 Å². The summed E-state index contributed by atoms with van der Waals surface area (Å²) in [5.74, 6) is -0.905. The zero-order valence-corrected chi connectivity index (χ0v) is 10.7. The van der Waals surface area contributed by atoms with Crippen LogP contribution in [0.4, 0.5) is 5.69 Å². The van der Waals surface area contributed by atoms with Crippen molar-refractivity contribution in [3.63, 3.8) is 0 Å². The van der Waals surface area contributed by atoms with E-state index in [1.54, 1.807) is 12.1 Å². The van der Waals surface area contributed by atoms with Gasteiger partial charge in [0.05, 0.1) is 16.8 Å². The van der Waals surface area contributed by atoms with Gasteiger partial charge in [-0.1, -0.05) is 31.0 Å². The summed E-state index contributed by atoms with van der Waals surface area (Å²) in [5, 5.41) is 12.0. The molecule has 0 saturated carbocycles. The van der Waals surface area contributed by atoms with Crippen LogP contribution in [0.1, 0.15) is 25.3 Å². The molecule has 1 aromatic carbocycles. The van der Waals surface area contributed by atoms with Crippen molar-refractivity contribution in [3.05, 3.63) is 28.8 Å². The van der Waals surface area contributed by atoms with Gasteiger partial charge in [-0.2, -0.15) is 5.26 Å². The van der Waals surface area contributed by atoms with E-state index in [4.69, 9.17) is 16.9 Å². The number of rotatable bonds is 4. The van der Waals surface area contributed by atoms with Gasteiger partial charge in [-0.25, -0.2) is 0 Å². The lowest BCUT2D eigenvalue weighted by atomic mass is 10.0. The van der Waals surface area contributed by atoms with E-state index >= 15 is 0 Å². The molecule has 0 aliphatic heterocycles. The fourth-order valence-corrected chi connectivity index (χ4v) is 1.77. The van der Waals surface area contributed by atoms with Crippen molar-refractivity contribution in [2.24, 2.45) is 5.92 Å². The highest BCUT2D eigenvalue weighted by Gasteiger charge is 2.17. The van der Waals surface area contributed by atoms with Crippen molar-refractivity contribution >= 4 is 23.2 Å². The first-order valence-electron chi connectivity index (χ1n) is 5.55. The molecule has 1 atom stereocenters. The van der Waals surface area contributed by atoms with E-state index in [2.05, 4.69) is 5.32 Å². The summed E-state index contributed by atoms with van der Waals surface area (Å²) in [4.78, 5) is 11.8. The van der Waals surface area contributed by atoms with Crippen LogP contribution in [0, 0.1) is 24.2 Å². The van der Waals surface area contributed by atoms with Gasteiger partial charge in [0.1, 0.15) is 5.92 Å². The molecule has 1 unspecified atom stereocenters. The molecule has 3 nitrogen and oxygen atoms in total. The number of amides is 1. The van der Waals surface area contributed by atoms with E-state index in [1.807, 2.05) is 26.0 Å². The number of hydrogen-bond acceptors (Lipinski definition) is 2. The quantitative estimate of drug-likeness (QED) is 0.889. The number of nitriles is 1. The Morgan fingerprint density at radius 3 is 2.82 bits per heavy atom. The van der Waals surface area contributed by atoms with Crippen molar-refractivity contribution in [2.75, 3.05) is 5.32 Å². The van der Waals surface area contributed by atoms with Gasteiger partial charge in [0, 0.05) is 0 Å². The molecule has 0 heterocycles. The molecule has 1 N–H and O–H groups in total. The van der Waals surface area contributed by atoms with Crippen LogP contribution < -0.4 is 5.32 Å². The van der Waals surface area contributed by atoms with Crippen LogP contribution in [-0.2, 0) is 4.79 Å². The Morgan fingerprint density at radius 2 is 2.29 bits per heavy atom. The predicted molar refractivity (Wildman–Crippen MR) is 68.8 cm³/mol. The second-order valence-corrected chi connectivity index (χ2v) is 4.35. The molecule has 1 rings (SSSR count). The standard InChI is InChI=1S/C13H15ClN2O/c1-3-4-10(8-15)13(17)16-12-6-5-9(2)7-11(12)14/h5-7,10H,3-4H2,1-2H3,(H,16,17). The summed E-state index contributed by atoms with van der Waals surface area (Å²) >= 11 is 6.00. The van der Waals surface area contributed by atoms with Crippen LogP contribution >= 0.6 is 11.6 Å². The Labute approximate surface area is 106 Å². The maximum absolute atomic E-state index is 11.8. The fraction of sp³-hybridized carbons (Fsp3) is 0.385. The SMILES string of the molecule is CCCC(C#N)C(=O)Nc1ccc(C)cc1Cl. The number of nitrogens with one attached hydrogen (secondary N) is 1. The zero-order valence-electron chi connectivity index (χ0n) is 9.96. The third-order valence-corrected chi connectivity index (χ3v) is 2.74. The molecule has 0 spiro atoms. The Bertz CT molecular complexity index is 451. The van der Waals surface area contributed by atoms with E-state index in [0.717, 1.165) is 12.0 Å². The van der Waals surface area contributed by atoms with E-state index in [-0.39, 0.29) is 5.91 Å². The van der Waals surface area contributed by atoms with Crippen molar-refractivity contribution < 1.29 is 4.79 Å². The Balaban J connectivity index is 2.77. The molecule has 0 aliphatic carbocycles. The Hall–Kier alpha value is -1.53. The van der Waals surface area contributed by atoms with Crippen LogP contribution in [0.3, 0.4) is 0 Å². The van der Waals surface area contributed by atoms with Crippen LogP contribution in [0.15, 0.2) is 18.2 Å². The maximum Gasteiger partial charge on any atom is 0.241 e. The molecule has 0 aliphatic rings. The summed E-state index contributed by atoms with van der Waals surface area (Å²) in [6.07, 6.45) is 1.36. The van der Waals surface area contributed by atoms with Gasteiger partial charge in [0.25, 0.3) is 0 Å².